The van der Waals surface area contributed by atoms with E-state index in [1.54, 1.807) is 18.2 Å². The number of anilines is 1. The second-order valence-electron chi connectivity index (χ2n) is 5.39. The molecule has 1 heterocycles. The minimum atomic E-state index is -4.77. The Hall–Kier alpha value is -2.70. The van der Waals surface area contributed by atoms with Crippen LogP contribution < -0.4 is 15.4 Å². The third-order valence-corrected chi connectivity index (χ3v) is 3.71. The number of hydrogen-bond acceptors (Lipinski definition) is 3. The Kier molecular flexibility index (Phi) is 4.33. The maximum absolute atomic E-state index is 12.4. The van der Waals surface area contributed by atoms with E-state index < -0.39 is 6.36 Å². The van der Waals surface area contributed by atoms with E-state index in [9.17, 15) is 18.0 Å². The lowest BCUT2D eigenvalue weighted by Gasteiger charge is -2.13. The zero-order valence-corrected chi connectivity index (χ0v) is 12.6. The molecule has 2 aromatic rings. The van der Waals surface area contributed by atoms with E-state index in [0.717, 1.165) is 24.2 Å². The van der Waals surface area contributed by atoms with Crippen molar-refractivity contribution in [2.24, 2.45) is 0 Å². The van der Waals surface area contributed by atoms with Crippen molar-refractivity contribution in [3.8, 4) is 5.75 Å². The number of hydrogen-bond donors (Lipinski definition) is 2. The third-order valence-electron chi connectivity index (χ3n) is 3.71. The number of ether oxygens (including phenoxy) is 1. The van der Waals surface area contributed by atoms with E-state index >= 15 is 0 Å². The average Bonchev–Trinajstić information content (AvgIpc) is 2.99. The van der Waals surface area contributed by atoms with Gasteiger partial charge in [-0.15, -0.1) is 13.2 Å². The van der Waals surface area contributed by atoms with Gasteiger partial charge in [0, 0.05) is 29.9 Å². The first-order valence-electron chi connectivity index (χ1n) is 7.41. The summed E-state index contributed by atoms with van der Waals surface area (Å²) in [5.41, 5.74) is 2.80. The van der Waals surface area contributed by atoms with Gasteiger partial charge in [-0.25, -0.2) is 0 Å². The smallest absolute Gasteiger partial charge is 0.405 e. The number of alkyl halides is 3. The molecule has 0 atom stereocenters. The summed E-state index contributed by atoms with van der Waals surface area (Å²) in [6, 6.07) is 11.0. The van der Waals surface area contributed by atoms with Crippen molar-refractivity contribution >= 4 is 11.6 Å². The fraction of sp³-hybridized carbons (Fsp3) is 0.235. The van der Waals surface area contributed by atoms with Crippen molar-refractivity contribution in [3.05, 3.63) is 59.2 Å². The molecule has 3 rings (SSSR count). The van der Waals surface area contributed by atoms with Gasteiger partial charge in [0.25, 0.3) is 5.91 Å². The fourth-order valence-electron chi connectivity index (χ4n) is 2.60. The molecule has 7 heteroatoms. The number of nitrogens with one attached hydrogen (secondary N) is 2. The normalized spacial score (nSPS) is 13.1. The van der Waals surface area contributed by atoms with Gasteiger partial charge in [-0.05, 0) is 36.2 Å². The molecule has 0 fully saturated rings. The number of amides is 1. The summed E-state index contributed by atoms with van der Waals surface area (Å²) in [4.78, 5) is 12.2. The highest BCUT2D eigenvalue weighted by Gasteiger charge is 2.32. The van der Waals surface area contributed by atoms with Crippen LogP contribution in [0.1, 0.15) is 21.5 Å². The van der Waals surface area contributed by atoms with Crippen LogP contribution in [-0.4, -0.2) is 18.8 Å². The first-order valence-corrected chi connectivity index (χ1v) is 7.41. The SMILES string of the molecule is O=C(NCc1ccccc1OC(F)(F)F)c1ccc2c(c1)CCN2. The topological polar surface area (TPSA) is 50.4 Å². The fourth-order valence-corrected chi connectivity index (χ4v) is 2.60. The number of benzene rings is 2. The van der Waals surface area contributed by atoms with Gasteiger partial charge < -0.3 is 15.4 Å². The lowest BCUT2D eigenvalue weighted by molar-refractivity contribution is -0.274. The Morgan fingerprint density at radius 3 is 2.79 bits per heavy atom. The van der Waals surface area contributed by atoms with Crippen molar-refractivity contribution in [2.45, 2.75) is 19.3 Å². The summed E-state index contributed by atoms with van der Waals surface area (Å²) in [6.45, 7) is 0.781. The molecule has 4 nitrogen and oxygen atoms in total. The number of para-hydroxylation sites is 1. The number of fused-ring (bicyclic) bond motifs is 1. The molecular formula is C17H15F3N2O2. The zero-order chi connectivity index (χ0) is 17.2. The van der Waals surface area contributed by atoms with E-state index in [-0.39, 0.29) is 23.8 Å². The predicted molar refractivity (Wildman–Crippen MR) is 82.9 cm³/mol. The lowest BCUT2D eigenvalue weighted by atomic mass is 10.1. The zero-order valence-electron chi connectivity index (χ0n) is 12.6. The van der Waals surface area contributed by atoms with Gasteiger partial charge in [0.1, 0.15) is 5.75 Å². The van der Waals surface area contributed by atoms with Crippen LogP contribution >= 0.6 is 0 Å². The lowest BCUT2D eigenvalue weighted by Crippen LogP contribution is -2.24. The van der Waals surface area contributed by atoms with Crippen LogP contribution in [0.4, 0.5) is 18.9 Å². The van der Waals surface area contributed by atoms with Crippen LogP contribution in [0.25, 0.3) is 0 Å². The molecule has 0 aliphatic carbocycles. The molecular weight excluding hydrogens is 321 g/mol. The van der Waals surface area contributed by atoms with Gasteiger partial charge in [-0.2, -0.15) is 0 Å². The van der Waals surface area contributed by atoms with Crippen LogP contribution in [0.2, 0.25) is 0 Å². The summed E-state index contributed by atoms with van der Waals surface area (Å²) in [5, 5.41) is 5.82. The minimum absolute atomic E-state index is 0.0551. The highest BCUT2D eigenvalue weighted by atomic mass is 19.4. The minimum Gasteiger partial charge on any atom is -0.405 e. The standard InChI is InChI=1S/C17H15F3N2O2/c18-17(19,20)24-15-4-2-1-3-13(15)10-22-16(23)12-5-6-14-11(9-12)7-8-21-14/h1-6,9,21H,7-8,10H2,(H,22,23). The summed E-state index contributed by atoms with van der Waals surface area (Å²) in [6.07, 6.45) is -3.92. The summed E-state index contributed by atoms with van der Waals surface area (Å²) < 4.78 is 41.2. The Labute approximate surface area is 136 Å². The maximum Gasteiger partial charge on any atom is 0.573 e. The Morgan fingerprint density at radius 2 is 2.00 bits per heavy atom. The summed E-state index contributed by atoms with van der Waals surface area (Å²) in [5.74, 6) is -0.657. The van der Waals surface area contributed by atoms with Crippen molar-refractivity contribution < 1.29 is 22.7 Å². The second-order valence-corrected chi connectivity index (χ2v) is 5.39. The van der Waals surface area contributed by atoms with Gasteiger partial charge in [0.05, 0.1) is 0 Å². The molecule has 0 bridgehead atoms. The van der Waals surface area contributed by atoms with E-state index in [2.05, 4.69) is 15.4 Å². The van der Waals surface area contributed by atoms with Crippen molar-refractivity contribution in [1.82, 2.24) is 5.32 Å². The molecule has 0 radical (unpaired) electrons. The number of carbonyl (C=O) groups excluding carboxylic acids is 1. The summed E-state index contributed by atoms with van der Waals surface area (Å²) >= 11 is 0. The quantitative estimate of drug-likeness (QED) is 0.899. The molecule has 0 aromatic heterocycles. The van der Waals surface area contributed by atoms with Crippen molar-refractivity contribution in [3.63, 3.8) is 0 Å². The number of carbonyl (C=O) groups is 1. The van der Waals surface area contributed by atoms with Crippen LogP contribution in [0.3, 0.4) is 0 Å². The third kappa shape index (κ3) is 3.79. The monoisotopic (exact) mass is 336 g/mol. The molecule has 0 spiro atoms. The first kappa shape index (κ1) is 16.2. The molecule has 1 amide bonds. The largest absolute Gasteiger partial charge is 0.573 e. The maximum atomic E-state index is 12.4. The van der Waals surface area contributed by atoms with Gasteiger partial charge in [0.2, 0.25) is 0 Å². The molecule has 2 N–H and O–H groups in total. The summed E-state index contributed by atoms with van der Waals surface area (Å²) in [7, 11) is 0. The van der Waals surface area contributed by atoms with Crippen LogP contribution in [0.5, 0.6) is 5.75 Å². The molecule has 0 unspecified atom stereocenters. The Bertz CT molecular complexity index is 760. The van der Waals surface area contributed by atoms with Gasteiger partial charge in [0.15, 0.2) is 0 Å². The van der Waals surface area contributed by atoms with Crippen LogP contribution in [0, 0.1) is 0 Å². The van der Waals surface area contributed by atoms with Crippen LogP contribution in [-0.2, 0) is 13.0 Å². The van der Waals surface area contributed by atoms with E-state index in [4.69, 9.17) is 0 Å². The molecule has 126 valence electrons. The molecule has 1 aliphatic heterocycles. The average molecular weight is 336 g/mol. The molecule has 1 aliphatic rings. The van der Waals surface area contributed by atoms with Gasteiger partial charge in [-0.1, -0.05) is 18.2 Å². The Balaban J connectivity index is 1.68. The highest BCUT2D eigenvalue weighted by Crippen LogP contribution is 2.26. The van der Waals surface area contributed by atoms with Gasteiger partial charge in [-0.3, -0.25) is 4.79 Å². The predicted octanol–water partition coefficient (Wildman–Crippen LogP) is 3.48. The molecule has 24 heavy (non-hydrogen) atoms. The van der Waals surface area contributed by atoms with E-state index in [1.165, 1.54) is 18.2 Å². The molecule has 0 saturated carbocycles. The molecule has 2 aromatic carbocycles. The van der Waals surface area contributed by atoms with Crippen LogP contribution in [0.15, 0.2) is 42.5 Å². The molecule has 0 saturated heterocycles. The highest BCUT2D eigenvalue weighted by molar-refractivity contribution is 5.95. The number of halogens is 3. The van der Waals surface area contributed by atoms with Gasteiger partial charge >= 0.3 is 6.36 Å². The van der Waals surface area contributed by atoms with E-state index in [1.807, 2.05) is 6.07 Å². The van der Waals surface area contributed by atoms with E-state index in [0.29, 0.717) is 5.56 Å². The Morgan fingerprint density at radius 1 is 1.21 bits per heavy atom. The first-order chi connectivity index (χ1) is 11.4. The second kappa shape index (κ2) is 6.43. The van der Waals surface area contributed by atoms with Crippen molar-refractivity contribution in [1.29, 1.82) is 0 Å². The van der Waals surface area contributed by atoms with Crippen molar-refractivity contribution in [2.75, 3.05) is 11.9 Å². The number of rotatable bonds is 4.